The van der Waals surface area contributed by atoms with Crippen LogP contribution in [0.25, 0.3) is 0 Å². The predicted octanol–water partition coefficient (Wildman–Crippen LogP) is 1.40. The highest BCUT2D eigenvalue weighted by Gasteiger charge is 2.04. The summed E-state index contributed by atoms with van der Waals surface area (Å²) in [5.74, 6) is -0.371. The number of hydrogen-bond donors (Lipinski definition) is 2. The molecule has 0 aliphatic heterocycles. The van der Waals surface area contributed by atoms with Gasteiger partial charge in [-0.25, -0.2) is 4.79 Å². The molecule has 1 amide bonds. The summed E-state index contributed by atoms with van der Waals surface area (Å²) in [5.41, 5.74) is 0.795. The van der Waals surface area contributed by atoms with Gasteiger partial charge in [-0.1, -0.05) is 12.1 Å². The van der Waals surface area contributed by atoms with Crippen molar-refractivity contribution < 1.29 is 24.2 Å². The third-order valence-corrected chi connectivity index (χ3v) is 1.99. The van der Waals surface area contributed by atoms with Gasteiger partial charge in [0.15, 0.2) is 0 Å². The number of hydrogen-bond acceptors (Lipinski definition) is 4. The van der Waals surface area contributed by atoms with Gasteiger partial charge in [-0.15, -0.1) is 0 Å². The van der Waals surface area contributed by atoms with Gasteiger partial charge in [-0.2, -0.15) is 0 Å². The topological polar surface area (TPSA) is 84.9 Å². The standard InChI is InChI=1S/C12H15NO5/c1-2-17-10-5-3-9(4-6-10)8-18-12(16)13-7-11(14)15/h3-6H,2,7-8H2,1H3,(H,13,16)(H,14,15). The molecule has 0 unspecified atom stereocenters. The molecule has 0 saturated heterocycles. The van der Waals surface area contributed by atoms with Crippen molar-refractivity contribution in [2.24, 2.45) is 0 Å². The molecule has 0 aliphatic rings. The third kappa shape index (κ3) is 5.20. The van der Waals surface area contributed by atoms with E-state index in [4.69, 9.17) is 14.6 Å². The fraction of sp³-hybridized carbons (Fsp3) is 0.333. The van der Waals surface area contributed by atoms with Gasteiger partial charge in [0.05, 0.1) is 6.61 Å². The summed E-state index contributed by atoms with van der Waals surface area (Å²) in [6, 6.07) is 7.10. The van der Waals surface area contributed by atoms with Crippen molar-refractivity contribution >= 4 is 12.1 Å². The molecule has 0 saturated carbocycles. The molecule has 0 spiro atoms. The summed E-state index contributed by atoms with van der Waals surface area (Å²) in [5, 5.41) is 10.4. The zero-order valence-electron chi connectivity index (χ0n) is 10.0. The van der Waals surface area contributed by atoms with Gasteiger partial charge in [-0.3, -0.25) is 4.79 Å². The maximum absolute atomic E-state index is 11.1. The summed E-state index contributed by atoms with van der Waals surface area (Å²) in [6.45, 7) is 2.11. The van der Waals surface area contributed by atoms with Crippen LogP contribution in [-0.2, 0) is 16.1 Å². The first-order valence-electron chi connectivity index (χ1n) is 5.46. The van der Waals surface area contributed by atoms with E-state index >= 15 is 0 Å². The van der Waals surface area contributed by atoms with E-state index in [-0.39, 0.29) is 6.61 Å². The Balaban J connectivity index is 2.34. The minimum atomic E-state index is -1.12. The average Bonchev–Trinajstić information content (AvgIpc) is 2.36. The Hall–Kier alpha value is -2.24. The van der Waals surface area contributed by atoms with E-state index in [2.05, 4.69) is 5.32 Å². The number of amides is 1. The maximum Gasteiger partial charge on any atom is 0.407 e. The van der Waals surface area contributed by atoms with E-state index < -0.39 is 18.6 Å². The van der Waals surface area contributed by atoms with E-state index in [1.54, 1.807) is 24.3 Å². The van der Waals surface area contributed by atoms with Crippen molar-refractivity contribution in [1.29, 1.82) is 0 Å². The molecule has 0 aliphatic carbocycles. The van der Waals surface area contributed by atoms with Gasteiger partial charge in [0.25, 0.3) is 0 Å². The lowest BCUT2D eigenvalue weighted by atomic mass is 10.2. The number of carboxylic acid groups (broad SMARTS) is 1. The van der Waals surface area contributed by atoms with E-state index in [9.17, 15) is 9.59 Å². The lowest BCUT2D eigenvalue weighted by molar-refractivity contribution is -0.135. The Bertz CT molecular complexity index is 401. The van der Waals surface area contributed by atoms with Crippen LogP contribution in [0.2, 0.25) is 0 Å². The molecule has 2 N–H and O–H groups in total. The van der Waals surface area contributed by atoms with E-state index in [1.165, 1.54) is 0 Å². The van der Waals surface area contributed by atoms with E-state index in [1.807, 2.05) is 6.92 Å². The number of nitrogens with one attached hydrogen (secondary N) is 1. The number of benzene rings is 1. The van der Waals surface area contributed by atoms with Crippen LogP contribution in [0.15, 0.2) is 24.3 Å². The quantitative estimate of drug-likeness (QED) is 0.800. The Morgan fingerprint density at radius 1 is 1.28 bits per heavy atom. The van der Waals surface area contributed by atoms with Crippen LogP contribution in [0.1, 0.15) is 12.5 Å². The fourth-order valence-electron chi connectivity index (χ4n) is 1.20. The summed E-state index contributed by atoms with van der Waals surface area (Å²) < 4.78 is 10.1. The zero-order chi connectivity index (χ0) is 13.4. The normalized spacial score (nSPS) is 9.61. The van der Waals surface area contributed by atoms with E-state index in [0.717, 1.165) is 11.3 Å². The first kappa shape index (κ1) is 13.8. The molecule has 1 rings (SSSR count). The first-order valence-corrected chi connectivity index (χ1v) is 5.46. The molecule has 98 valence electrons. The highest BCUT2D eigenvalue weighted by Crippen LogP contribution is 2.12. The minimum Gasteiger partial charge on any atom is -0.494 e. The molecule has 1 aromatic rings. The van der Waals surface area contributed by atoms with Crippen molar-refractivity contribution in [1.82, 2.24) is 5.32 Å². The number of aliphatic carboxylic acids is 1. The molecular formula is C12H15NO5. The van der Waals surface area contributed by atoms with Gasteiger partial charge in [-0.05, 0) is 24.6 Å². The van der Waals surface area contributed by atoms with Gasteiger partial charge >= 0.3 is 12.1 Å². The van der Waals surface area contributed by atoms with Gasteiger partial charge in [0.1, 0.15) is 18.9 Å². The van der Waals surface area contributed by atoms with Crippen molar-refractivity contribution in [3.8, 4) is 5.75 Å². The Kier molecular flexibility index (Phi) is 5.50. The molecule has 0 aromatic heterocycles. The highest BCUT2D eigenvalue weighted by molar-refractivity contribution is 5.76. The lowest BCUT2D eigenvalue weighted by Gasteiger charge is -2.06. The molecule has 1 aromatic carbocycles. The number of alkyl carbamates (subject to hydrolysis) is 1. The lowest BCUT2D eigenvalue weighted by Crippen LogP contribution is -2.29. The van der Waals surface area contributed by atoms with Crippen LogP contribution in [-0.4, -0.2) is 30.3 Å². The van der Waals surface area contributed by atoms with Crippen LogP contribution >= 0.6 is 0 Å². The number of ether oxygens (including phenoxy) is 2. The molecule has 0 bridgehead atoms. The second-order valence-corrected chi connectivity index (χ2v) is 3.40. The summed E-state index contributed by atoms with van der Waals surface area (Å²) in [7, 11) is 0. The van der Waals surface area contributed by atoms with Crippen molar-refractivity contribution in [3.63, 3.8) is 0 Å². The fourth-order valence-corrected chi connectivity index (χ4v) is 1.20. The maximum atomic E-state index is 11.1. The first-order chi connectivity index (χ1) is 8.61. The minimum absolute atomic E-state index is 0.0812. The van der Waals surface area contributed by atoms with Crippen LogP contribution in [0.4, 0.5) is 4.79 Å². The molecule has 6 heteroatoms. The van der Waals surface area contributed by atoms with Gasteiger partial charge in [0.2, 0.25) is 0 Å². The molecule has 0 radical (unpaired) electrons. The summed E-state index contributed by atoms with van der Waals surface area (Å²) in [4.78, 5) is 21.3. The number of rotatable bonds is 6. The van der Waals surface area contributed by atoms with Crippen LogP contribution in [0, 0.1) is 0 Å². The Morgan fingerprint density at radius 3 is 2.50 bits per heavy atom. The Morgan fingerprint density at radius 2 is 1.94 bits per heavy atom. The molecule has 18 heavy (non-hydrogen) atoms. The van der Waals surface area contributed by atoms with E-state index in [0.29, 0.717) is 6.61 Å². The smallest absolute Gasteiger partial charge is 0.407 e. The monoisotopic (exact) mass is 253 g/mol. The van der Waals surface area contributed by atoms with Gasteiger partial charge < -0.3 is 19.9 Å². The van der Waals surface area contributed by atoms with Crippen LogP contribution in [0.5, 0.6) is 5.75 Å². The van der Waals surface area contributed by atoms with Gasteiger partial charge in [0, 0.05) is 0 Å². The molecule has 0 heterocycles. The summed E-state index contributed by atoms with van der Waals surface area (Å²) >= 11 is 0. The number of carboxylic acids is 1. The number of carbonyl (C=O) groups is 2. The molecule has 0 atom stereocenters. The third-order valence-electron chi connectivity index (χ3n) is 1.99. The Labute approximate surface area is 105 Å². The second-order valence-electron chi connectivity index (χ2n) is 3.40. The van der Waals surface area contributed by atoms with Crippen molar-refractivity contribution in [2.75, 3.05) is 13.2 Å². The SMILES string of the molecule is CCOc1ccc(COC(=O)NCC(=O)O)cc1. The van der Waals surface area contributed by atoms with Crippen molar-refractivity contribution in [2.45, 2.75) is 13.5 Å². The molecular weight excluding hydrogens is 238 g/mol. The largest absolute Gasteiger partial charge is 0.494 e. The molecule has 0 fully saturated rings. The predicted molar refractivity (Wildman–Crippen MR) is 63.4 cm³/mol. The second kappa shape index (κ2) is 7.16. The molecule has 6 nitrogen and oxygen atoms in total. The zero-order valence-corrected chi connectivity index (χ0v) is 10.0. The average molecular weight is 253 g/mol. The highest BCUT2D eigenvalue weighted by atomic mass is 16.5. The summed E-state index contributed by atoms with van der Waals surface area (Å²) in [6.07, 6.45) is -0.758. The number of carbonyl (C=O) groups excluding carboxylic acids is 1. The van der Waals surface area contributed by atoms with Crippen molar-refractivity contribution in [3.05, 3.63) is 29.8 Å². The van der Waals surface area contributed by atoms with Crippen LogP contribution < -0.4 is 10.1 Å². The van der Waals surface area contributed by atoms with Crippen LogP contribution in [0.3, 0.4) is 0 Å².